The molecule has 4 rings (SSSR count). The van der Waals surface area contributed by atoms with E-state index in [0.717, 1.165) is 16.7 Å². The smallest absolute Gasteiger partial charge is 0.331 e. The Hall–Kier alpha value is -3.86. The summed E-state index contributed by atoms with van der Waals surface area (Å²) in [6.07, 6.45) is 0. The summed E-state index contributed by atoms with van der Waals surface area (Å²) in [6, 6.07) is 28.3. The predicted molar refractivity (Wildman–Crippen MR) is 112 cm³/mol. The van der Waals surface area contributed by atoms with Crippen LogP contribution in [-0.2, 0) is 6.54 Å². The van der Waals surface area contributed by atoms with Crippen molar-refractivity contribution in [3.8, 4) is 5.88 Å². The number of aromatic amines is 1. The summed E-state index contributed by atoms with van der Waals surface area (Å²) < 4.78 is 1.20. The first-order valence-electron chi connectivity index (χ1n) is 9.35. The molecule has 0 spiro atoms. The van der Waals surface area contributed by atoms with Gasteiger partial charge in [-0.05, 0) is 16.7 Å². The summed E-state index contributed by atoms with van der Waals surface area (Å²) in [5, 5.41) is 11.0. The van der Waals surface area contributed by atoms with Crippen LogP contribution in [-0.4, -0.2) is 14.7 Å². The summed E-state index contributed by atoms with van der Waals surface area (Å²) >= 11 is 0. The topological polar surface area (TPSA) is 75.1 Å². The molecule has 0 saturated heterocycles. The summed E-state index contributed by atoms with van der Waals surface area (Å²) in [7, 11) is 0. The van der Waals surface area contributed by atoms with Gasteiger partial charge < -0.3 is 5.11 Å². The molecule has 0 aliphatic carbocycles. The summed E-state index contributed by atoms with van der Waals surface area (Å²) in [5.74, 6) is -0.830. The molecule has 0 aliphatic heterocycles. The number of aromatic nitrogens is 2. The fourth-order valence-corrected chi connectivity index (χ4v) is 3.56. The highest BCUT2D eigenvalue weighted by Gasteiger charge is 2.26. The second-order valence-electron chi connectivity index (χ2n) is 6.82. The lowest BCUT2D eigenvalue weighted by molar-refractivity contribution is 0.400. The van der Waals surface area contributed by atoms with Gasteiger partial charge in [-0.1, -0.05) is 91.0 Å². The number of nitrogens with zero attached hydrogens (tertiary/aromatic N) is 1. The maximum atomic E-state index is 12.8. The molecule has 0 saturated carbocycles. The Morgan fingerprint density at radius 2 is 1.24 bits per heavy atom. The predicted octanol–water partition coefficient (Wildman–Crippen LogP) is 3.47. The molecule has 29 heavy (non-hydrogen) atoms. The van der Waals surface area contributed by atoms with Gasteiger partial charge in [-0.3, -0.25) is 14.3 Å². The number of aromatic hydroxyl groups is 1. The molecule has 144 valence electrons. The third-order valence-electron chi connectivity index (χ3n) is 4.94. The van der Waals surface area contributed by atoms with E-state index in [1.54, 1.807) is 0 Å². The zero-order valence-electron chi connectivity index (χ0n) is 15.7. The summed E-state index contributed by atoms with van der Waals surface area (Å²) in [6.45, 7) is 0.158. The van der Waals surface area contributed by atoms with Crippen molar-refractivity contribution in [3.63, 3.8) is 0 Å². The molecular formula is C24H20N2O3. The third-order valence-corrected chi connectivity index (χ3v) is 4.94. The van der Waals surface area contributed by atoms with Crippen LogP contribution in [0.25, 0.3) is 0 Å². The van der Waals surface area contributed by atoms with Crippen molar-refractivity contribution >= 4 is 0 Å². The summed E-state index contributed by atoms with van der Waals surface area (Å²) in [4.78, 5) is 27.7. The van der Waals surface area contributed by atoms with E-state index >= 15 is 0 Å². The average molecular weight is 384 g/mol. The molecule has 0 unspecified atom stereocenters. The molecule has 0 radical (unpaired) electrons. The molecular weight excluding hydrogens is 364 g/mol. The SMILES string of the molecule is O=c1[nH]c(=O)n(Cc2ccccc2)c(O)c1C(c1ccccc1)c1ccccc1. The molecule has 1 aromatic heterocycles. The van der Waals surface area contributed by atoms with Gasteiger partial charge in [0.05, 0.1) is 12.1 Å². The number of nitrogens with one attached hydrogen (secondary N) is 1. The number of hydrogen-bond donors (Lipinski definition) is 2. The van der Waals surface area contributed by atoms with Crippen molar-refractivity contribution < 1.29 is 5.11 Å². The lowest BCUT2D eigenvalue weighted by Crippen LogP contribution is -2.34. The molecule has 0 aliphatic rings. The van der Waals surface area contributed by atoms with E-state index < -0.39 is 17.2 Å². The van der Waals surface area contributed by atoms with Crippen LogP contribution in [0, 0.1) is 0 Å². The fourth-order valence-electron chi connectivity index (χ4n) is 3.56. The minimum atomic E-state index is -0.639. The Labute approximate surface area is 167 Å². The maximum Gasteiger partial charge on any atom is 0.331 e. The molecule has 0 bridgehead atoms. The van der Waals surface area contributed by atoms with E-state index in [0.29, 0.717) is 0 Å². The van der Waals surface area contributed by atoms with Crippen LogP contribution in [0.5, 0.6) is 5.88 Å². The number of rotatable bonds is 5. The van der Waals surface area contributed by atoms with Gasteiger partial charge in [-0.25, -0.2) is 4.79 Å². The Kier molecular flexibility index (Phi) is 5.12. The average Bonchev–Trinajstić information content (AvgIpc) is 2.76. The molecule has 1 heterocycles. The molecule has 4 aromatic rings. The highest BCUT2D eigenvalue weighted by Crippen LogP contribution is 2.33. The van der Waals surface area contributed by atoms with Crippen LogP contribution in [0.4, 0.5) is 0 Å². The first-order valence-corrected chi connectivity index (χ1v) is 9.35. The Balaban J connectivity index is 1.93. The highest BCUT2D eigenvalue weighted by molar-refractivity contribution is 5.45. The minimum Gasteiger partial charge on any atom is -0.494 e. The van der Waals surface area contributed by atoms with Gasteiger partial charge in [0, 0.05) is 5.92 Å². The van der Waals surface area contributed by atoms with Gasteiger partial charge in [0.2, 0.25) is 5.88 Å². The van der Waals surface area contributed by atoms with E-state index in [2.05, 4.69) is 4.98 Å². The quantitative estimate of drug-likeness (QED) is 0.553. The highest BCUT2D eigenvalue weighted by atomic mass is 16.3. The maximum absolute atomic E-state index is 12.8. The molecule has 0 atom stereocenters. The van der Waals surface area contributed by atoms with Crippen LogP contribution in [0.2, 0.25) is 0 Å². The van der Waals surface area contributed by atoms with Crippen molar-refractivity contribution in [1.29, 1.82) is 0 Å². The third kappa shape index (κ3) is 3.75. The van der Waals surface area contributed by atoms with E-state index in [-0.39, 0.29) is 18.0 Å². The molecule has 5 nitrogen and oxygen atoms in total. The standard InChI is InChI=1S/C24H20N2O3/c27-22-21(20(18-12-6-2-7-13-18)19-14-8-3-9-15-19)23(28)26(24(29)25-22)16-17-10-4-1-5-11-17/h1-15,20,28H,16H2,(H,25,27,29). The zero-order chi connectivity index (χ0) is 20.2. The zero-order valence-corrected chi connectivity index (χ0v) is 15.7. The Morgan fingerprint density at radius 3 is 1.76 bits per heavy atom. The van der Waals surface area contributed by atoms with E-state index in [4.69, 9.17) is 0 Å². The van der Waals surface area contributed by atoms with Gasteiger partial charge in [0.15, 0.2) is 0 Å². The van der Waals surface area contributed by atoms with Crippen LogP contribution in [0.1, 0.15) is 28.2 Å². The van der Waals surface area contributed by atoms with Crippen LogP contribution in [0.3, 0.4) is 0 Å². The lowest BCUT2D eigenvalue weighted by Gasteiger charge is -2.20. The van der Waals surface area contributed by atoms with E-state index in [1.165, 1.54) is 4.57 Å². The van der Waals surface area contributed by atoms with Gasteiger partial charge in [0.25, 0.3) is 5.56 Å². The van der Waals surface area contributed by atoms with Crippen molar-refractivity contribution in [2.45, 2.75) is 12.5 Å². The van der Waals surface area contributed by atoms with Gasteiger partial charge in [-0.2, -0.15) is 0 Å². The molecule has 3 aromatic carbocycles. The van der Waals surface area contributed by atoms with Crippen LogP contribution < -0.4 is 11.2 Å². The first-order chi connectivity index (χ1) is 14.1. The number of H-pyrrole nitrogens is 1. The van der Waals surface area contributed by atoms with Gasteiger partial charge >= 0.3 is 5.69 Å². The van der Waals surface area contributed by atoms with Crippen molar-refractivity contribution in [3.05, 3.63) is 134 Å². The largest absolute Gasteiger partial charge is 0.494 e. The molecule has 0 fully saturated rings. The van der Waals surface area contributed by atoms with Gasteiger partial charge in [0.1, 0.15) is 0 Å². The van der Waals surface area contributed by atoms with Crippen molar-refractivity contribution in [2.75, 3.05) is 0 Å². The van der Waals surface area contributed by atoms with Gasteiger partial charge in [-0.15, -0.1) is 0 Å². The molecule has 0 amide bonds. The van der Waals surface area contributed by atoms with E-state index in [9.17, 15) is 14.7 Å². The van der Waals surface area contributed by atoms with Crippen LogP contribution in [0.15, 0.2) is 101 Å². The Morgan fingerprint density at radius 1 is 0.759 bits per heavy atom. The second-order valence-corrected chi connectivity index (χ2v) is 6.82. The van der Waals surface area contributed by atoms with Crippen LogP contribution >= 0.6 is 0 Å². The number of hydrogen-bond acceptors (Lipinski definition) is 3. The minimum absolute atomic E-state index is 0.151. The Bertz CT molecular complexity index is 1170. The molecule has 2 N–H and O–H groups in total. The normalized spacial score (nSPS) is 10.9. The molecule has 5 heteroatoms. The van der Waals surface area contributed by atoms with Crippen molar-refractivity contribution in [2.24, 2.45) is 0 Å². The van der Waals surface area contributed by atoms with Crippen molar-refractivity contribution in [1.82, 2.24) is 9.55 Å². The fraction of sp³-hybridized carbons (Fsp3) is 0.0833. The summed E-state index contributed by atoms with van der Waals surface area (Å²) in [5.41, 5.74) is 1.47. The second kappa shape index (κ2) is 8.02. The number of benzene rings is 3. The monoisotopic (exact) mass is 384 g/mol. The lowest BCUT2D eigenvalue weighted by atomic mass is 9.86. The first kappa shape index (κ1) is 18.5. The van der Waals surface area contributed by atoms with E-state index in [1.807, 2.05) is 91.0 Å².